The van der Waals surface area contributed by atoms with Crippen molar-refractivity contribution in [2.45, 2.75) is 13.5 Å². The molecule has 0 fully saturated rings. The lowest BCUT2D eigenvalue weighted by atomic mass is 10.1. The van der Waals surface area contributed by atoms with Gasteiger partial charge in [-0.3, -0.25) is 9.56 Å². The van der Waals surface area contributed by atoms with Crippen molar-refractivity contribution in [2.75, 3.05) is 0 Å². The van der Waals surface area contributed by atoms with Crippen LogP contribution in [0.2, 0.25) is 0 Å². The Bertz CT molecular complexity index is 909. The van der Waals surface area contributed by atoms with Crippen molar-refractivity contribution in [1.29, 1.82) is 0 Å². The SMILES string of the molecule is C=N/C=C(\C=C/C)c1ccc(Oc2cncn2Cc2ccccc2)nc1. The van der Waals surface area contributed by atoms with Crippen LogP contribution in [0.5, 0.6) is 11.8 Å². The molecule has 0 spiro atoms. The number of nitrogens with zero attached hydrogens (tertiary/aromatic N) is 4. The van der Waals surface area contributed by atoms with E-state index < -0.39 is 0 Å². The van der Waals surface area contributed by atoms with Gasteiger partial charge in [0.2, 0.25) is 11.8 Å². The molecule has 3 aromatic rings. The van der Waals surface area contributed by atoms with Crippen LogP contribution < -0.4 is 4.74 Å². The first-order valence-corrected chi connectivity index (χ1v) is 8.27. The average molecular weight is 344 g/mol. The quantitative estimate of drug-likeness (QED) is 0.460. The van der Waals surface area contributed by atoms with E-state index in [1.54, 1.807) is 24.9 Å². The second kappa shape index (κ2) is 8.58. The summed E-state index contributed by atoms with van der Waals surface area (Å²) in [5.41, 5.74) is 3.06. The fourth-order valence-electron chi connectivity index (χ4n) is 2.50. The van der Waals surface area contributed by atoms with E-state index in [1.165, 1.54) is 5.56 Å². The molecule has 5 heteroatoms. The van der Waals surface area contributed by atoms with Gasteiger partial charge in [-0.05, 0) is 25.3 Å². The van der Waals surface area contributed by atoms with Crippen LogP contribution in [0, 0.1) is 0 Å². The zero-order valence-corrected chi connectivity index (χ0v) is 14.6. The Balaban J connectivity index is 1.75. The maximum absolute atomic E-state index is 5.89. The molecular formula is C21H20N4O. The molecule has 0 amide bonds. The number of ether oxygens (including phenoxy) is 1. The number of aromatic nitrogens is 3. The molecule has 0 unspecified atom stereocenters. The fraction of sp³-hybridized carbons (Fsp3) is 0.0952. The first kappa shape index (κ1) is 17.4. The second-order valence-electron chi connectivity index (χ2n) is 5.60. The highest BCUT2D eigenvalue weighted by Gasteiger charge is 2.07. The van der Waals surface area contributed by atoms with Crippen molar-refractivity contribution >= 4 is 12.3 Å². The van der Waals surface area contributed by atoms with Crippen LogP contribution in [0.3, 0.4) is 0 Å². The summed E-state index contributed by atoms with van der Waals surface area (Å²) in [6, 6.07) is 13.9. The zero-order valence-electron chi connectivity index (χ0n) is 14.6. The van der Waals surface area contributed by atoms with E-state index >= 15 is 0 Å². The summed E-state index contributed by atoms with van der Waals surface area (Å²) in [5.74, 6) is 1.15. The van der Waals surface area contributed by atoms with Gasteiger partial charge >= 0.3 is 0 Å². The Morgan fingerprint density at radius 2 is 2.04 bits per heavy atom. The Labute approximate surface area is 153 Å². The van der Waals surface area contributed by atoms with Gasteiger partial charge in [-0.25, -0.2) is 9.97 Å². The Morgan fingerprint density at radius 3 is 2.73 bits per heavy atom. The summed E-state index contributed by atoms with van der Waals surface area (Å²) in [6.45, 7) is 6.15. The Morgan fingerprint density at radius 1 is 1.19 bits per heavy atom. The van der Waals surface area contributed by atoms with Crippen LogP contribution in [-0.4, -0.2) is 21.3 Å². The molecule has 2 heterocycles. The molecule has 0 aliphatic rings. The van der Waals surface area contributed by atoms with Crippen molar-refractivity contribution in [2.24, 2.45) is 4.99 Å². The van der Waals surface area contributed by atoms with Gasteiger partial charge in [0.25, 0.3) is 0 Å². The van der Waals surface area contributed by atoms with Gasteiger partial charge in [0, 0.05) is 29.6 Å². The molecule has 5 nitrogen and oxygen atoms in total. The van der Waals surface area contributed by atoms with Crippen LogP contribution >= 0.6 is 0 Å². The van der Waals surface area contributed by atoms with Crippen LogP contribution in [0.15, 0.2) is 84.5 Å². The Hall–Kier alpha value is -3.47. The number of rotatable bonds is 7. The van der Waals surface area contributed by atoms with E-state index in [2.05, 4.69) is 33.8 Å². The van der Waals surface area contributed by atoms with Gasteiger partial charge in [-0.1, -0.05) is 42.5 Å². The normalized spacial score (nSPS) is 11.7. The molecule has 130 valence electrons. The second-order valence-corrected chi connectivity index (χ2v) is 5.60. The zero-order chi connectivity index (χ0) is 18.2. The molecule has 0 radical (unpaired) electrons. The molecule has 0 aliphatic heterocycles. The number of aliphatic imine (C=N–C) groups is 1. The summed E-state index contributed by atoms with van der Waals surface area (Å²) in [4.78, 5) is 12.4. The maximum Gasteiger partial charge on any atom is 0.222 e. The van der Waals surface area contributed by atoms with Crippen LogP contribution in [0.25, 0.3) is 5.57 Å². The minimum Gasteiger partial charge on any atom is -0.421 e. The van der Waals surface area contributed by atoms with E-state index in [4.69, 9.17) is 4.74 Å². The lowest BCUT2D eigenvalue weighted by Crippen LogP contribution is -2.01. The average Bonchev–Trinajstić information content (AvgIpc) is 3.10. The number of hydrogen-bond donors (Lipinski definition) is 0. The molecule has 0 saturated carbocycles. The van der Waals surface area contributed by atoms with E-state index in [0.717, 1.165) is 11.1 Å². The highest BCUT2D eigenvalue weighted by Crippen LogP contribution is 2.22. The number of pyridine rings is 1. The first-order valence-electron chi connectivity index (χ1n) is 8.27. The minimum atomic E-state index is 0.509. The molecule has 0 aliphatic carbocycles. The summed E-state index contributed by atoms with van der Waals surface area (Å²) in [7, 11) is 0. The third kappa shape index (κ3) is 4.33. The topological polar surface area (TPSA) is 52.3 Å². The van der Waals surface area contributed by atoms with E-state index in [0.29, 0.717) is 18.3 Å². The summed E-state index contributed by atoms with van der Waals surface area (Å²) < 4.78 is 7.83. The number of hydrogen-bond acceptors (Lipinski definition) is 4. The molecule has 26 heavy (non-hydrogen) atoms. The van der Waals surface area contributed by atoms with Gasteiger partial charge in [0.05, 0.1) is 19.1 Å². The third-order valence-electron chi connectivity index (χ3n) is 3.73. The molecule has 0 saturated heterocycles. The van der Waals surface area contributed by atoms with Crippen molar-refractivity contribution in [3.63, 3.8) is 0 Å². The lowest BCUT2D eigenvalue weighted by molar-refractivity contribution is 0.420. The summed E-state index contributed by atoms with van der Waals surface area (Å²) >= 11 is 0. The molecule has 0 atom stereocenters. The van der Waals surface area contributed by atoms with E-state index in [1.807, 2.05) is 54.0 Å². The Kier molecular flexibility index (Phi) is 5.72. The van der Waals surface area contributed by atoms with Crippen molar-refractivity contribution in [3.8, 4) is 11.8 Å². The van der Waals surface area contributed by atoms with E-state index in [9.17, 15) is 0 Å². The molecule has 3 rings (SSSR count). The summed E-state index contributed by atoms with van der Waals surface area (Å²) in [6.07, 6.45) is 10.8. The molecule has 1 aromatic carbocycles. The largest absolute Gasteiger partial charge is 0.421 e. The predicted octanol–water partition coefficient (Wildman–Crippen LogP) is 4.74. The van der Waals surface area contributed by atoms with Crippen LogP contribution in [-0.2, 0) is 6.54 Å². The van der Waals surface area contributed by atoms with Gasteiger partial charge < -0.3 is 4.74 Å². The monoisotopic (exact) mass is 344 g/mol. The molecule has 0 N–H and O–H groups in total. The highest BCUT2D eigenvalue weighted by molar-refractivity contribution is 5.73. The molecule has 0 bridgehead atoms. The molecular weight excluding hydrogens is 324 g/mol. The predicted molar refractivity (Wildman–Crippen MR) is 104 cm³/mol. The third-order valence-corrected chi connectivity index (χ3v) is 3.73. The smallest absolute Gasteiger partial charge is 0.222 e. The number of benzene rings is 1. The lowest BCUT2D eigenvalue weighted by Gasteiger charge is -2.09. The van der Waals surface area contributed by atoms with Crippen LogP contribution in [0.4, 0.5) is 0 Å². The standard InChI is InChI=1S/C21H20N4O/c1-3-7-18(12-22-2)19-10-11-20(24-13-19)26-21-14-23-16-25(21)15-17-8-5-4-6-9-17/h3-14,16H,2,15H2,1H3/b7-3-,18-12+. The number of imidazole rings is 1. The molecule has 2 aromatic heterocycles. The fourth-order valence-corrected chi connectivity index (χ4v) is 2.50. The minimum absolute atomic E-state index is 0.509. The van der Waals surface area contributed by atoms with Gasteiger partial charge in [-0.15, -0.1) is 0 Å². The van der Waals surface area contributed by atoms with E-state index in [-0.39, 0.29) is 0 Å². The van der Waals surface area contributed by atoms with Crippen LogP contribution in [0.1, 0.15) is 18.1 Å². The van der Waals surface area contributed by atoms with Crippen molar-refractivity contribution in [3.05, 3.63) is 90.7 Å². The highest BCUT2D eigenvalue weighted by atomic mass is 16.5. The van der Waals surface area contributed by atoms with Gasteiger partial charge in [0.1, 0.15) is 0 Å². The van der Waals surface area contributed by atoms with Gasteiger partial charge in [-0.2, -0.15) is 0 Å². The van der Waals surface area contributed by atoms with Gasteiger partial charge in [0.15, 0.2) is 0 Å². The first-order chi connectivity index (χ1) is 12.8. The maximum atomic E-state index is 5.89. The number of allylic oxidation sites excluding steroid dienone is 3. The van der Waals surface area contributed by atoms with Crippen molar-refractivity contribution < 1.29 is 4.74 Å². The summed E-state index contributed by atoms with van der Waals surface area (Å²) in [5, 5.41) is 0. The van der Waals surface area contributed by atoms with Crippen molar-refractivity contribution in [1.82, 2.24) is 14.5 Å².